The van der Waals surface area contributed by atoms with Gasteiger partial charge in [-0.25, -0.2) is 13.4 Å². The third-order valence-corrected chi connectivity index (χ3v) is 5.63. The van der Waals surface area contributed by atoms with Crippen LogP contribution in [0.5, 0.6) is 0 Å². The van der Waals surface area contributed by atoms with E-state index in [1.54, 1.807) is 12.1 Å². The van der Waals surface area contributed by atoms with Crippen LogP contribution in [0.15, 0.2) is 29.2 Å². The van der Waals surface area contributed by atoms with E-state index >= 15 is 0 Å². The van der Waals surface area contributed by atoms with Gasteiger partial charge in [0.1, 0.15) is 5.82 Å². The van der Waals surface area contributed by atoms with E-state index in [1.807, 2.05) is 26.0 Å². The van der Waals surface area contributed by atoms with Gasteiger partial charge >= 0.3 is 0 Å². The van der Waals surface area contributed by atoms with Crippen LogP contribution < -0.4 is 10.6 Å². The summed E-state index contributed by atoms with van der Waals surface area (Å²) in [7, 11) is -3.24. The van der Waals surface area contributed by atoms with Gasteiger partial charge in [0, 0.05) is 31.2 Å². The van der Waals surface area contributed by atoms with Gasteiger partial charge in [0.05, 0.1) is 17.5 Å². The zero-order valence-corrected chi connectivity index (χ0v) is 16.1. The number of aryl methyl sites for hydroxylation is 2. The second-order valence-corrected chi connectivity index (χ2v) is 8.67. The number of nitrogens with zero attached hydrogens (tertiary/aromatic N) is 3. The lowest BCUT2D eigenvalue weighted by molar-refractivity contribution is 0.134. The predicted octanol–water partition coefficient (Wildman–Crippen LogP) is 2.05. The molecule has 2 heterocycles. The Morgan fingerprint density at radius 1 is 1.23 bits per heavy atom. The summed E-state index contributed by atoms with van der Waals surface area (Å²) in [6.45, 7) is 5.76. The Balaban J connectivity index is 2.05. The maximum absolute atomic E-state index is 11.8. The summed E-state index contributed by atoms with van der Waals surface area (Å²) >= 11 is 0. The van der Waals surface area contributed by atoms with Gasteiger partial charge in [0.15, 0.2) is 9.84 Å². The molecule has 1 aromatic heterocycles. The van der Waals surface area contributed by atoms with Crippen molar-refractivity contribution in [3.05, 3.63) is 41.1 Å². The Morgan fingerprint density at radius 3 is 2.65 bits per heavy atom. The second-order valence-electron chi connectivity index (χ2n) is 6.65. The Bertz CT molecular complexity index is 894. The number of hydrogen-bond acceptors (Lipinski definition) is 7. The average molecular weight is 376 g/mol. The van der Waals surface area contributed by atoms with Crippen molar-refractivity contribution in [2.24, 2.45) is 0 Å². The molecule has 1 unspecified atom stereocenters. The van der Waals surface area contributed by atoms with Crippen LogP contribution in [0.25, 0.3) is 0 Å². The fraction of sp³-hybridized carbons (Fsp3) is 0.444. The maximum atomic E-state index is 11.8. The summed E-state index contributed by atoms with van der Waals surface area (Å²) in [6.07, 6.45) is 2.09. The van der Waals surface area contributed by atoms with Gasteiger partial charge in [-0.15, -0.1) is 0 Å². The van der Waals surface area contributed by atoms with Crippen LogP contribution in [0.2, 0.25) is 0 Å². The molecule has 0 spiro atoms. The molecule has 1 aromatic carbocycles. The number of anilines is 2. The molecule has 8 heteroatoms. The molecule has 1 aliphatic rings. The van der Waals surface area contributed by atoms with Crippen LogP contribution in [0.4, 0.5) is 11.8 Å². The summed E-state index contributed by atoms with van der Waals surface area (Å²) in [4.78, 5) is 11.0. The van der Waals surface area contributed by atoms with Crippen molar-refractivity contribution in [3.63, 3.8) is 0 Å². The number of ether oxygens (including phenoxy) is 1. The van der Waals surface area contributed by atoms with Crippen molar-refractivity contribution in [2.45, 2.75) is 31.2 Å². The van der Waals surface area contributed by atoms with Crippen molar-refractivity contribution in [1.82, 2.24) is 9.97 Å². The third-order valence-electron chi connectivity index (χ3n) is 4.52. The summed E-state index contributed by atoms with van der Waals surface area (Å²) in [6, 6.07) is 7.08. The number of hydrogen-bond donors (Lipinski definition) is 1. The van der Waals surface area contributed by atoms with Crippen LogP contribution in [0.3, 0.4) is 0 Å². The Morgan fingerprint density at radius 2 is 2.00 bits per heavy atom. The molecule has 7 nitrogen and oxygen atoms in total. The van der Waals surface area contributed by atoms with Crippen molar-refractivity contribution in [1.29, 1.82) is 0 Å². The lowest BCUT2D eigenvalue weighted by Crippen LogP contribution is -2.32. The molecule has 0 saturated carbocycles. The monoisotopic (exact) mass is 376 g/mol. The first-order valence-electron chi connectivity index (χ1n) is 8.52. The van der Waals surface area contributed by atoms with Gasteiger partial charge in [-0.2, -0.15) is 4.98 Å². The number of rotatable bonds is 3. The molecule has 0 bridgehead atoms. The topological polar surface area (TPSA) is 98.4 Å². The lowest BCUT2D eigenvalue weighted by Gasteiger charge is -2.32. The fourth-order valence-corrected chi connectivity index (χ4v) is 3.99. The molecule has 1 atom stereocenters. The van der Waals surface area contributed by atoms with Crippen molar-refractivity contribution < 1.29 is 13.2 Å². The second kappa shape index (κ2) is 7.20. The normalized spacial score (nSPS) is 18.6. The lowest BCUT2D eigenvalue weighted by atomic mass is 10.0. The zero-order chi connectivity index (χ0) is 18.9. The Hall–Kier alpha value is -2.19. The van der Waals surface area contributed by atoms with E-state index in [9.17, 15) is 8.42 Å². The van der Waals surface area contributed by atoms with Gasteiger partial charge in [-0.1, -0.05) is 6.07 Å². The molecule has 1 fully saturated rings. The van der Waals surface area contributed by atoms with Gasteiger partial charge in [-0.3, -0.25) is 0 Å². The van der Waals surface area contributed by atoms with Crippen molar-refractivity contribution in [2.75, 3.05) is 36.6 Å². The van der Waals surface area contributed by atoms with E-state index in [4.69, 9.17) is 10.5 Å². The molecular weight excluding hydrogens is 352 g/mol. The van der Waals surface area contributed by atoms with Crippen molar-refractivity contribution >= 4 is 21.6 Å². The summed E-state index contributed by atoms with van der Waals surface area (Å²) in [5.74, 6) is 1.00. The van der Waals surface area contributed by atoms with Crippen LogP contribution >= 0.6 is 0 Å². The largest absolute Gasteiger partial charge is 0.379 e. The highest BCUT2D eigenvalue weighted by molar-refractivity contribution is 7.90. The minimum Gasteiger partial charge on any atom is -0.379 e. The number of sulfone groups is 1. The molecule has 26 heavy (non-hydrogen) atoms. The molecule has 1 aliphatic heterocycles. The number of benzene rings is 1. The number of aromatic nitrogens is 2. The van der Waals surface area contributed by atoms with E-state index in [-0.39, 0.29) is 12.0 Å². The quantitative estimate of drug-likeness (QED) is 0.875. The minimum absolute atomic E-state index is 0.0696. The molecule has 2 N–H and O–H groups in total. The third kappa shape index (κ3) is 3.96. The molecule has 0 radical (unpaired) electrons. The zero-order valence-electron chi connectivity index (χ0n) is 15.3. The first-order chi connectivity index (χ1) is 12.3. The summed E-state index contributed by atoms with van der Waals surface area (Å²) in [5.41, 5.74) is 8.58. The average Bonchev–Trinajstić information content (AvgIpc) is 2.78. The fourth-order valence-electron chi connectivity index (χ4n) is 3.28. The first kappa shape index (κ1) is 18.6. The first-order valence-corrected chi connectivity index (χ1v) is 10.4. The van der Waals surface area contributed by atoms with Crippen LogP contribution in [-0.2, 0) is 14.6 Å². The van der Waals surface area contributed by atoms with Crippen LogP contribution in [0, 0.1) is 13.8 Å². The van der Waals surface area contributed by atoms with E-state index in [0.717, 1.165) is 35.6 Å². The molecule has 2 aromatic rings. The number of nitrogens with two attached hydrogens (primary N) is 1. The highest BCUT2D eigenvalue weighted by Crippen LogP contribution is 2.31. The molecule has 0 amide bonds. The Labute approximate surface area is 154 Å². The molecule has 3 rings (SSSR count). The maximum Gasteiger partial charge on any atom is 0.222 e. The smallest absolute Gasteiger partial charge is 0.222 e. The highest BCUT2D eigenvalue weighted by Gasteiger charge is 2.27. The minimum atomic E-state index is -3.24. The summed E-state index contributed by atoms with van der Waals surface area (Å²) < 4.78 is 29.4. The molecular formula is C18H24N4O3S. The van der Waals surface area contributed by atoms with E-state index in [1.165, 1.54) is 6.26 Å². The van der Waals surface area contributed by atoms with Gasteiger partial charge in [0.25, 0.3) is 0 Å². The molecule has 140 valence electrons. The number of nitrogen functional groups attached to an aromatic ring is 1. The standard InChI is InChI=1S/C18H24N4O3S/c1-12-9-14(26(3,23)24)5-6-15(12)16-11-25-8-4-7-22(16)17-10-13(2)20-18(19)21-17/h5-6,9-10,16H,4,7-8,11H2,1-3H3,(H2,19,20,21). The van der Waals surface area contributed by atoms with Crippen molar-refractivity contribution in [3.8, 4) is 0 Å². The van der Waals surface area contributed by atoms with Crippen LogP contribution in [0.1, 0.15) is 29.3 Å². The SMILES string of the molecule is Cc1cc(N2CCCOCC2c2ccc(S(C)(=O)=O)cc2C)nc(N)n1. The molecule has 1 saturated heterocycles. The van der Waals surface area contributed by atoms with Gasteiger partial charge in [0.2, 0.25) is 5.95 Å². The van der Waals surface area contributed by atoms with E-state index in [0.29, 0.717) is 18.1 Å². The van der Waals surface area contributed by atoms with Crippen LogP contribution in [-0.4, -0.2) is 44.4 Å². The van der Waals surface area contributed by atoms with Gasteiger partial charge < -0.3 is 15.4 Å². The molecule has 0 aliphatic carbocycles. The predicted molar refractivity (Wildman–Crippen MR) is 101 cm³/mol. The highest BCUT2D eigenvalue weighted by atomic mass is 32.2. The van der Waals surface area contributed by atoms with E-state index in [2.05, 4.69) is 14.9 Å². The Kier molecular flexibility index (Phi) is 5.15. The summed E-state index contributed by atoms with van der Waals surface area (Å²) in [5, 5.41) is 0. The van der Waals surface area contributed by atoms with E-state index < -0.39 is 9.84 Å². The van der Waals surface area contributed by atoms with Gasteiger partial charge in [-0.05, 0) is 43.5 Å².